The Balaban J connectivity index is 6.90. The Morgan fingerprint density at radius 3 is 0.905 bits per heavy atom. The molecule has 0 saturated carbocycles. The molecule has 0 bridgehead atoms. The average molecular weight is 708 g/mol. The molecule has 0 fully saturated rings. The molecule has 0 aliphatic carbocycles. The van der Waals surface area contributed by atoms with Crippen molar-refractivity contribution in [2.75, 3.05) is 6.61 Å². The number of halogens is 23. The van der Waals surface area contributed by atoms with Crippen molar-refractivity contribution in [2.24, 2.45) is 0 Å². The highest BCUT2D eigenvalue weighted by Gasteiger charge is 2.98. The molecule has 0 aromatic heterocycles. The Hall–Kier alpha value is -1.50. The minimum Gasteiger partial charge on any atom is -0.303 e. The van der Waals surface area contributed by atoms with Gasteiger partial charge in [0.2, 0.25) is 0 Å². The van der Waals surface area contributed by atoms with E-state index in [0.717, 1.165) is 0 Å². The summed E-state index contributed by atoms with van der Waals surface area (Å²) in [5.41, 5.74) is 0. The van der Waals surface area contributed by atoms with Crippen LogP contribution < -0.4 is 0 Å². The number of phosphoric acid groups is 1. The van der Waals surface area contributed by atoms with Gasteiger partial charge in [-0.15, -0.1) is 0 Å². The molecule has 0 aromatic rings. The zero-order valence-corrected chi connectivity index (χ0v) is 19.4. The summed E-state index contributed by atoms with van der Waals surface area (Å²) in [6.07, 6.45) is -13.2. The van der Waals surface area contributed by atoms with Crippen molar-refractivity contribution in [3.05, 3.63) is 0 Å². The van der Waals surface area contributed by atoms with Crippen LogP contribution in [0.1, 0.15) is 12.8 Å². The summed E-state index contributed by atoms with van der Waals surface area (Å²) < 4.78 is 318. The molecular weight excluding hydrogens is 700 g/mol. The van der Waals surface area contributed by atoms with Gasteiger partial charge in [-0.25, -0.2) is 4.57 Å². The Morgan fingerprint density at radius 1 is 0.429 bits per heavy atom. The summed E-state index contributed by atoms with van der Waals surface area (Å²) in [4.78, 5) is 16.4. The second-order valence-electron chi connectivity index (χ2n) is 7.80. The van der Waals surface area contributed by atoms with Crippen molar-refractivity contribution in [3.63, 3.8) is 0 Å². The van der Waals surface area contributed by atoms with Crippen molar-refractivity contribution >= 4 is 7.82 Å². The van der Waals surface area contributed by atoms with Crippen LogP contribution in [-0.4, -0.2) is 81.8 Å². The molecule has 0 aromatic carbocycles. The lowest BCUT2D eigenvalue weighted by molar-refractivity contribution is -0.478. The maximum Gasteiger partial charge on any atom is 0.469 e. The first kappa shape index (κ1) is 40.5. The number of rotatable bonds is 14. The second-order valence-corrected chi connectivity index (χ2v) is 9.04. The van der Waals surface area contributed by atoms with E-state index < -0.39 is 92.7 Å². The number of alkyl halides is 23. The van der Waals surface area contributed by atoms with E-state index in [-0.39, 0.29) is 0 Å². The monoisotopic (exact) mass is 708 g/mol. The van der Waals surface area contributed by atoms with Crippen LogP contribution in [0.2, 0.25) is 0 Å². The molecule has 0 atom stereocenters. The molecule has 0 radical (unpaired) electrons. The Morgan fingerprint density at radius 2 is 0.667 bits per heavy atom. The fourth-order valence-electron chi connectivity index (χ4n) is 2.42. The smallest absolute Gasteiger partial charge is 0.303 e. The van der Waals surface area contributed by atoms with Gasteiger partial charge >= 0.3 is 73.2 Å². The molecule has 4 nitrogen and oxygen atoms in total. The zero-order valence-electron chi connectivity index (χ0n) is 18.5. The molecule has 254 valence electrons. The van der Waals surface area contributed by atoms with E-state index in [9.17, 15) is 106 Å². The van der Waals surface area contributed by atoms with Crippen molar-refractivity contribution in [3.8, 4) is 0 Å². The second kappa shape index (κ2) is 10.5. The largest absolute Gasteiger partial charge is 0.469 e. The van der Waals surface area contributed by atoms with Gasteiger partial charge in [-0.3, -0.25) is 4.52 Å². The van der Waals surface area contributed by atoms with Crippen molar-refractivity contribution in [1.29, 1.82) is 0 Å². The Labute approximate surface area is 214 Å². The van der Waals surface area contributed by atoms with Crippen LogP contribution in [0.5, 0.6) is 0 Å². The topological polar surface area (TPSA) is 66.8 Å². The average Bonchev–Trinajstić information content (AvgIpc) is 2.74. The molecular formula is C14H8F23O4P. The van der Waals surface area contributed by atoms with Crippen LogP contribution in [-0.2, 0) is 9.09 Å². The Kier molecular flexibility index (Phi) is 10.2. The third-order valence-electron chi connectivity index (χ3n) is 4.86. The predicted molar refractivity (Wildman–Crippen MR) is 82.8 cm³/mol. The number of phosphoric ester groups is 1. The Bertz CT molecular complexity index is 1010. The van der Waals surface area contributed by atoms with Gasteiger partial charge in [-0.2, -0.15) is 101 Å². The molecule has 0 aliphatic rings. The highest BCUT2D eigenvalue weighted by atomic mass is 31.2. The van der Waals surface area contributed by atoms with Gasteiger partial charge in [0.25, 0.3) is 0 Å². The summed E-state index contributed by atoms with van der Waals surface area (Å²) in [6, 6.07) is 0. The van der Waals surface area contributed by atoms with E-state index in [0.29, 0.717) is 0 Å². The minimum absolute atomic E-state index is 1.84. The van der Waals surface area contributed by atoms with E-state index >= 15 is 0 Å². The first-order valence-corrected chi connectivity index (χ1v) is 10.8. The molecule has 0 unspecified atom stereocenters. The zero-order chi connectivity index (χ0) is 34.8. The van der Waals surface area contributed by atoms with Gasteiger partial charge in [-0.05, 0) is 6.42 Å². The summed E-state index contributed by atoms with van der Waals surface area (Å²) in [5, 5.41) is 0. The lowest BCUT2D eigenvalue weighted by atomic mass is 9.85. The van der Waals surface area contributed by atoms with E-state index in [1.54, 1.807) is 0 Å². The number of hydrogen-bond donors (Lipinski definition) is 2. The molecule has 0 amide bonds. The SMILES string of the molecule is O=P(O)(O)OCCCC(F)(F)C(F)(F)C(F)(F)C(F)(F)C(F)(F)C(F)(F)C(F)(F)C(F)(F)C(F)(F)C(F)(F)C(F)(F)F. The normalized spacial score (nSPS) is 16.7. The van der Waals surface area contributed by atoms with Crippen LogP contribution >= 0.6 is 7.82 Å². The van der Waals surface area contributed by atoms with Crippen molar-refractivity contribution in [2.45, 2.75) is 78.2 Å². The minimum atomic E-state index is -9.47. The van der Waals surface area contributed by atoms with Crippen molar-refractivity contribution in [1.82, 2.24) is 0 Å². The first-order valence-electron chi connectivity index (χ1n) is 9.25. The lowest BCUT2D eigenvalue weighted by Gasteiger charge is -2.45. The maximum absolute atomic E-state index is 13.7. The standard InChI is InChI=1S/C14H8F23O4P/c15-4(16,2-1-3-41-42(38,39)40)5(17,18)6(19,20)7(21,22)8(23,24)9(25,26)10(27,28)11(29,30)12(31,32)13(33,34)14(35,36)37/h1-3H2,(H2,38,39,40). The highest BCUT2D eigenvalue weighted by molar-refractivity contribution is 7.46. The summed E-state index contributed by atoms with van der Waals surface area (Å²) >= 11 is 0. The summed E-state index contributed by atoms with van der Waals surface area (Å²) in [7, 11) is -5.63. The van der Waals surface area contributed by atoms with E-state index in [4.69, 9.17) is 9.79 Å². The van der Waals surface area contributed by atoms with Crippen LogP contribution in [0.4, 0.5) is 101 Å². The fourth-order valence-corrected chi connectivity index (χ4v) is 2.79. The highest BCUT2D eigenvalue weighted by Crippen LogP contribution is 2.67. The maximum atomic E-state index is 13.7. The number of hydrogen-bond acceptors (Lipinski definition) is 2. The summed E-state index contributed by atoms with van der Waals surface area (Å²) in [6.45, 7) is -1.84. The third kappa shape index (κ3) is 5.70. The molecule has 2 N–H and O–H groups in total. The third-order valence-corrected chi connectivity index (χ3v) is 5.38. The molecule has 0 aliphatic heterocycles. The molecule has 0 spiro atoms. The van der Waals surface area contributed by atoms with Gasteiger partial charge in [0.15, 0.2) is 0 Å². The van der Waals surface area contributed by atoms with Gasteiger partial charge in [-0.1, -0.05) is 0 Å². The fraction of sp³-hybridized carbons (Fsp3) is 1.00. The summed E-state index contributed by atoms with van der Waals surface area (Å²) in [5.74, 6) is -88.4. The van der Waals surface area contributed by atoms with Gasteiger partial charge in [0.1, 0.15) is 0 Å². The molecule has 28 heteroatoms. The van der Waals surface area contributed by atoms with Gasteiger partial charge in [0, 0.05) is 6.42 Å². The van der Waals surface area contributed by atoms with E-state index in [2.05, 4.69) is 4.52 Å². The van der Waals surface area contributed by atoms with Crippen molar-refractivity contribution < 1.29 is 120 Å². The van der Waals surface area contributed by atoms with E-state index in [1.165, 1.54) is 0 Å². The first-order chi connectivity index (χ1) is 17.7. The quantitative estimate of drug-likeness (QED) is 0.110. The molecule has 0 saturated heterocycles. The molecule has 42 heavy (non-hydrogen) atoms. The van der Waals surface area contributed by atoms with Crippen LogP contribution in [0.15, 0.2) is 0 Å². The predicted octanol–water partition coefficient (Wildman–Crippen LogP) is 7.79. The molecule has 0 heterocycles. The van der Waals surface area contributed by atoms with Gasteiger partial charge in [0.05, 0.1) is 6.61 Å². The van der Waals surface area contributed by atoms with Gasteiger partial charge < -0.3 is 9.79 Å². The molecule has 0 rings (SSSR count). The lowest BCUT2D eigenvalue weighted by Crippen LogP contribution is -2.77. The van der Waals surface area contributed by atoms with E-state index in [1.807, 2.05) is 0 Å². The van der Waals surface area contributed by atoms with Crippen LogP contribution in [0, 0.1) is 0 Å². The van der Waals surface area contributed by atoms with Crippen LogP contribution in [0.3, 0.4) is 0 Å². The van der Waals surface area contributed by atoms with Crippen LogP contribution in [0.25, 0.3) is 0 Å².